The molecule has 9 rings (SSSR count). The molecule has 0 saturated heterocycles. The highest BCUT2D eigenvalue weighted by molar-refractivity contribution is 5.97. The third-order valence-corrected chi connectivity index (χ3v) is 10.7. The van der Waals surface area contributed by atoms with E-state index in [9.17, 15) is 18.8 Å². The zero-order valence-electron chi connectivity index (χ0n) is 29.3. The van der Waals surface area contributed by atoms with Gasteiger partial charge in [-0.3, -0.25) is 14.4 Å². The minimum Gasteiger partial charge on any atom is -0.464 e. The standard InChI is InChI=1S/C41H37F2N7O4/c42-29-19-30-31(21-46-38(30)45-20-29)39-47-22-32(43)40(49-39)48-37-27-13-11-26(12-14-27)36(37)41(53)54-18-17-44-34(51)15-16-35(52)50-23-28-7-2-1-5-24(28)9-10-25-6-3-4-8-33(25)50/h1-8,19-22,26-27,36-37H,11-18,23H2,(H,44,51)(H,45,46)(H,47,48,49)/t26?,27?,36-,37?/m0/s1. The third kappa shape index (κ3) is 7.11. The van der Waals surface area contributed by atoms with Gasteiger partial charge in [0.1, 0.15) is 18.1 Å². The Morgan fingerprint density at radius 1 is 0.926 bits per heavy atom. The second-order valence-corrected chi connectivity index (χ2v) is 13.9. The topological polar surface area (TPSA) is 142 Å². The molecule has 5 aromatic rings. The number of benzene rings is 2. The van der Waals surface area contributed by atoms with E-state index in [0.717, 1.165) is 54.8 Å². The number of H-pyrrole nitrogens is 1. The van der Waals surface area contributed by atoms with Crippen LogP contribution in [0.4, 0.5) is 20.3 Å². The molecule has 274 valence electrons. The lowest BCUT2D eigenvalue weighted by molar-refractivity contribution is -0.155. The van der Waals surface area contributed by atoms with E-state index in [0.29, 0.717) is 28.8 Å². The van der Waals surface area contributed by atoms with Crippen LogP contribution in [0.5, 0.6) is 0 Å². The summed E-state index contributed by atoms with van der Waals surface area (Å²) < 4.78 is 34.8. The van der Waals surface area contributed by atoms with Gasteiger partial charge < -0.3 is 25.3 Å². The first-order valence-corrected chi connectivity index (χ1v) is 18.2. The summed E-state index contributed by atoms with van der Waals surface area (Å²) >= 11 is 0. The van der Waals surface area contributed by atoms with E-state index in [1.54, 1.807) is 11.1 Å². The average Bonchev–Trinajstić information content (AvgIpc) is 3.60. The number of carbonyl (C=O) groups is 3. The van der Waals surface area contributed by atoms with Gasteiger partial charge in [-0.2, -0.15) is 0 Å². The number of pyridine rings is 1. The normalized spacial score (nSPS) is 19.8. The molecule has 2 amide bonds. The van der Waals surface area contributed by atoms with Gasteiger partial charge in [-0.1, -0.05) is 42.2 Å². The van der Waals surface area contributed by atoms with E-state index in [-0.39, 0.29) is 61.3 Å². The number of aromatic nitrogens is 4. The van der Waals surface area contributed by atoms with Gasteiger partial charge in [-0.15, -0.1) is 0 Å². The molecule has 1 aliphatic heterocycles. The smallest absolute Gasteiger partial charge is 0.311 e. The Kier molecular flexibility index (Phi) is 9.73. The molecule has 0 spiro atoms. The SMILES string of the molecule is O=C(CCC(=O)N1Cc2ccccc2C#Cc2ccccc21)NCCOC(=O)[C@H]1C2CCC(CC2)C1Nc1nc(-c2c[nH]c3ncc(F)cc23)ncc1F. The zero-order valence-corrected chi connectivity index (χ0v) is 29.3. The molecule has 0 radical (unpaired) electrons. The summed E-state index contributed by atoms with van der Waals surface area (Å²) in [7, 11) is 0. The molecular weight excluding hydrogens is 692 g/mol. The molecule has 13 heteroatoms. The second kappa shape index (κ2) is 15.1. The summed E-state index contributed by atoms with van der Waals surface area (Å²) in [4.78, 5) is 57.1. The highest BCUT2D eigenvalue weighted by Gasteiger charge is 2.48. The number of rotatable bonds is 10. The lowest BCUT2D eigenvalue weighted by atomic mass is 9.61. The fourth-order valence-corrected chi connectivity index (χ4v) is 8.00. The van der Waals surface area contributed by atoms with E-state index < -0.39 is 29.6 Å². The first-order valence-electron chi connectivity index (χ1n) is 18.2. The molecule has 2 bridgehead atoms. The fraction of sp³-hybridized carbons (Fsp3) is 0.317. The minimum atomic E-state index is -0.674. The lowest BCUT2D eigenvalue weighted by Gasteiger charge is -2.47. The maximum absolute atomic E-state index is 15.2. The average molecular weight is 730 g/mol. The number of amides is 2. The van der Waals surface area contributed by atoms with Gasteiger partial charge in [-0.25, -0.2) is 23.7 Å². The van der Waals surface area contributed by atoms with Crippen LogP contribution in [0.15, 0.2) is 73.2 Å². The number of fused-ring (bicyclic) bond motifs is 6. The van der Waals surface area contributed by atoms with E-state index in [1.165, 1.54) is 6.07 Å². The summed E-state index contributed by atoms with van der Waals surface area (Å²) in [6.45, 7) is 0.369. The van der Waals surface area contributed by atoms with E-state index in [1.807, 2.05) is 48.5 Å². The first kappa shape index (κ1) is 34.9. The predicted octanol–water partition coefficient (Wildman–Crippen LogP) is 5.90. The molecule has 4 aliphatic rings. The fourth-order valence-electron chi connectivity index (χ4n) is 8.00. The van der Waals surface area contributed by atoms with E-state index in [2.05, 4.69) is 42.4 Å². The quantitative estimate of drug-likeness (QED) is 0.0917. The maximum atomic E-state index is 15.2. The summed E-state index contributed by atoms with van der Waals surface area (Å²) in [6.07, 6.45) is 7.20. The Hall–Kier alpha value is -6.16. The van der Waals surface area contributed by atoms with Crippen LogP contribution in [-0.2, 0) is 25.7 Å². The number of carbonyl (C=O) groups excluding carboxylic acids is 3. The summed E-state index contributed by atoms with van der Waals surface area (Å²) in [5, 5.41) is 6.44. The molecule has 11 nitrogen and oxygen atoms in total. The van der Waals surface area contributed by atoms with Crippen molar-refractivity contribution < 1.29 is 27.9 Å². The Morgan fingerprint density at radius 3 is 2.54 bits per heavy atom. The highest BCUT2D eigenvalue weighted by atomic mass is 19.1. The molecule has 3 fully saturated rings. The number of anilines is 2. The molecule has 2 aromatic carbocycles. The van der Waals surface area contributed by atoms with Crippen molar-refractivity contribution in [3.63, 3.8) is 0 Å². The number of hydrogen-bond donors (Lipinski definition) is 3. The molecule has 3 aromatic heterocycles. The molecule has 3 saturated carbocycles. The summed E-state index contributed by atoms with van der Waals surface area (Å²) in [5.74, 6) is 3.98. The van der Waals surface area contributed by atoms with Crippen molar-refractivity contribution in [2.24, 2.45) is 17.8 Å². The third-order valence-electron chi connectivity index (χ3n) is 10.7. The first-order chi connectivity index (χ1) is 26.3. The van der Waals surface area contributed by atoms with Gasteiger partial charge >= 0.3 is 5.97 Å². The largest absolute Gasteiger partial charge is 0.464 e. The number of hydrogen-bond acceptors (Lipinski definition) is 8. The molecule has 3 N–H and O–H groups in total. The number of para-hydroxylation sites is 1. The van der Waals surface area contributed by atoms with Crippen molar-refractivity contribution in [2.75, 3.05) is 23.4 Å². The second-order valence-electron chi connectivity index (χ2n) is 13.9. The van der Waals surface area contributed by atoms with Crippen LogP contribution in [0, 0.1) is 41.2 Å². The Bertz CT molecular complexity index is 2310. The van der Waals surface area contributed by atoms with Crippen LogP contribution in [0.2, 0.25) is 0 Å². The van der Waals surface area contributed by atoms with Crippen LogP contribution in [0.3, 0.4) is 0 Å². The Morgan fingerprint density at radius 2 is 1.69 bits per heavy atom. The van der Waals surface area contributed by atoms with Crippen LogP contribution < -0.4 is 15.5 Å². The van der Waals surface area contributed by atoms with Crippen molar-refractivity contribution in [1.82, 2.24) is 25.3 Å². The van der Waals surface area contributed by atoms with E-state index in [4.69, 9.17) is 4.74 Å². The van der Waals surface area contributed by atoms with Crippen LogP contribution in [-0.4, -0.2) is 56.9 Å². The molecule has 1 unspecified atom stereocenters. The van der Waals surface area contributed by atoms with Crippen LogP contribution >= 0.6 is 0 Å². The van der Waals surface area contributed by atoms with Crippen molar-refractivity contribution in [2.45, 2.75) is 51.1 Å². The van der Waals surface area contributed by atoms with Gasteiger partial charge in [0.2, 0.25) is 11.8 Å². The zero-order chi connectivity index (χ0) is 37.2. The van der Waals surface area contributed by atoms with E-state index >= 15 is 4.39 Å². The van der Waals surface area contributed by atoms with Gasteiger partial charge in [0, 0.05) is 47.2 Å². The Balaban J connectivity index is 0.868. The van der Waals surface area contributed by atoms with Crippen molar-refractivity contribution in [3.05, 3.63) is 102 Å². The predicted molar refractivity (Wildman–Crippen MR) is 197 cm³/mol. The van der Waals surface area contributed by atoms with Crippen molar-refractivity contribution in [3.8, 4) is 23.2 Å². The number of nitrogens with one attached hydrogen (secondary N) is 3. The molecule has 2 atom stereocenters. The van der Waals surface area contributed by atoms with Crippen molar-refractivity contribution >= 4 is 40.3 Å². The highest BCUT2D eigenvalue weighted by Crippen LogP contribution is 2.47. The number of aromatic amines is 1. The molecule has 3 aliphatic carbocycles. The van der Waals surface area contributed by atoms with Gasteiger partial charge in [0.05, 0.1) is 37.1 Å². The van der Waals surface area contributed by atoms with Crippen molar-refractivity contribution in [1.29, 1.82) is 0 Å². The number of nitrogens with zero attached hydrogens (tertiary/aromatic N) is 4. The van der Waals surface area contributed by atoms with Crippen LogP contribution in [0.1, 0.15) is 55.2 Å². The molecular formula is C41H37F2N7O4. The number of ether oxygens (including phenoxy) is 1. The minimum absolute atomic E-state index is 0.0105. The number of esters is 1. The summed E-state index contributed by atoms with van der Waals surface area (Å²) in [5.41, 5.74) is 4.14. The lowest BCUT2D eigenvalue weighted by Crippen LogP contribution is -2.52. The van der Waals surface area contributed by atoms with Gasteiger partial charge in [0.15, 0.2) is 17.5 Å². The van der Waals surface area contributed by atoms with Crippen LogP contribution in [0.25, 0.3) is 22.4 Å². The summed E-state index contributed by atoms with van der Waals surface area (Å²) in [6, 6.07) is 16.1. The van der Waals surface area contributed by atoms with Gasteiger partial charge in [-0.05, 0) is 67.3 Å². The Labute approximate surface area is 309 Å². The molecule has 54 heavy (non-hydrogen) atoms. The number of halogens is 2. The maximum Gasteiger partial charge on any atom is 0.311 e. The monoisotopic (exact) mass is 729 g/mol. The van der Waals surface area contributed by atoms with Gasteiger partial charge in [0.25, 0.3) is 0 Å². The molecule has 4 heterocycles.